The van der Waals surface area contributed by atoms with E-state index >= 15 is 0 Å². The van der Waals surface area contributed by atoms with Crippen molar-refractivity contribution in [1.29, 1.82) is 0 Å². The van der Waals surface area contributed by atoms with Gasteiger partial charge in [0.15, 0.2) is 12.2 Å². The Labute approximate surface area is 220 Å². The standard InChI is InChI=1S/C15H11ClN2O3S.C3H4.2CH3NOS.CH4.H2O/c16-11-7-5-10(6-8-11)14-15(21-9-18-14)12-3-1-2-4-13(12)22(17,19)20;1-3-2;2*2-1(3)4;;/h1-9H,(H2,17,19,20);1H,2H3;2*(H3,2,3,4);1H4;1H2. The zero-order chi connectivity index (χ0) is 25.6. The minimum absolute atomic E-state index is 0. The van der Waals surface area contributed by atoms with Crippen LogP contribution in [0.2, 0.25) is 5.02 Å². The fourth-order valence-electron chi connectivity index (χ4n) is 2.15. The third-order valence-corrected chi connectivity index (χ3v) is 4.34. The summed E-state index contributed by atoms with van der Waals surface area (Å²) in [5.41, 5.74) is 10.4. The van der Waals surface area contributed by atoms with Gasteiger partial charge in [0.1, 0.15) is 5.69 Å². The number of aliphatic hydroxyl groups is 2. The minimum atomic E-state index is -3.87. The molecule has 0 atom stereocenters. The van der Waals surface area contributed by atoms with Crippen LogP contribution >= 0.6 is 36.0 Å². The summed E-state index contributed by atoms with van der Waals surface area (Å²) in [6.07, 6.45) is 5.86. The SMILES string of the molecule is C.C#CC.NC(O)=S.NC(O)=S.NS(=O)(=O)c1ccccc1-c1ocnc1-c1ccc(Cl)cc1.O. The molecule has 0 amide bonds. The number of sulfonamides is 1. The summed E-state index contributed by atoms with van der Waals surface area (Å²) in [7, 11) is -3.87. The summed E-state index contributed by atoms with van der Waals surface area (Å²) < 4.78 is 28.9. The Bertz CT molecular complexity index is 1190. The van der Waals surface area contributed by atoms with Crippen molar-refractivity contribution in [1.82, 2.24) is 4.98 Å². The van der Waals surface area contributed by atoms with Crippen molar-refractivity contribution in [3.63, 3.8) is 0 Å². The number of aliphatic hydroxyl groups excluding tert-OH is 2. The first-order valence-corrected chi connectivity index (χ1v) is 11.2. The van der Waals surface area contributed by atoms with E-state index in [1.54, 1.807) is 49.4 Å². The summed E-state index contributed by atoms with van der Waals surface area (Å²) in [6.45, 7) is 1.65. The molecule has 1 heterocycles. The molecule has 192 valence electrons. The van der Waals surface area contributed by atoms with Crippen molar-refractivity contribution >= 4 is 56.4 Å². The van der Waals surface area contributed by atoms with E-state index in [1.165, 1.54) is 12.5 Å². The smallest absolute Gasteiger partial charge is 0.251 e. The number of hydrogen-bond acceptors (Lipinski definition) is 6. The van der Waals surface area contributed by atoms with E-state index in [0.29, 0.717) is 22.0 Å². The highest BCUT2D eigenvalue weighted by atomic mass is 35.5. The molecule has 0 saturated carbocycles. The number of benzene rings is 2. The normalized spacial score (nSPS) is 8.86. The molecule has 14 heteroatoms. The number of halogens is 1. The molecule has 10 N–H and O–H groups in total. The number of hydrogen-bond donors (Lipinski definition) is 5. The Morgan fingerprint density at radius 2 is 1.51 bits per heavy atom. The van der Waals surface area contributed by atoms with Crippen LogP contribution in [-0.4, -0.2) is 39.4 Å². The Balaban J connectivity index is -0.000000673. The third-order valence-electron chi connectivity index (χ3n) is 3.12. The molecule has 0 radical (unpaired) electrons. The number of oxazole rings is 1. The Kier molecular flexibility index (Phi) is 18.8. The lowest BCUT2D eigenvalue weighted by Gasteiger charge is -2.07. The molecule has 1 aromatic heterocycles. The first-order chi connectivity index (χ1) is 15.3. The van der Waals surface area contributed by atoms with Gasteiger partial charge in [0.05, 0.1) is 4.90 Å². The van der Waals surface area contributed by atoms with Gasteiger partial charge in [-0.25, -0.2) is 18.5 Å². The zero-order valence-electron chi connectivity index (χ0n) is 17.7. The summed E-state index contributed by atoms with van der Waals surface area (Å²) >= 11 is 13.6. The van der Waals surface area contributed by atoms with E-state index in [1.807, 2.05) is 0 Å². The van der Waals surface area contributed by atoms with Crippen LogP contribution in [0, 0.1) is 12.3 Å². The average molecular weight is 563 g/mol. The van der Waals surface area contributed by atoms with Crippen LogP contribution in [0.5, 0.6) is 0 Å². The van der Waals surface area contributed by atoms with E-state index in [0.717, 1.165) is 5.56 Å². The van der Waals surface area contributed by atoms with Gasteiger partial charge in [-0.1, -0.05) is 43.3 Å². The maximum Gasteiger partial charge on any atom is 0.251 e. The lowest BCUT2D eigenvalue weighted by atomic mass is 10.1. The van der Waals surface area contributed by atoms with Gasteiger partial charge < -0.3 is 31.6 Å². The second-order valence-electron chi connectivity index (χ2n) is 5.54. The molecular formula is C21H27ClN4O6S3. The van der Waals surface area contributed by atoms with Crippen LogP contribution in [0.3, 0.4) is 0 Å². The maximum absolute atomic E-state index is 11.7. The molecule has 3 rings (SSSR count). The van der Waals surface area contributed by atoms with Gasteiger partial charge in [-0.3, -0.25) is 0 Å². The zero-order valence-corrected chi connectivity index (χ0v) is 20.9. The molecule has 0 bridgehead atoms. The Hall–Kier alpha value is -3.25. The van der Waals surface area contributed by atoms with Crippen LogP contribution in [0.15, 0.2) is 64.2 Å². The number of nitrogens with zero attached hydrogens (tertiary/aromatic N) is 1. The molecule has 0 aliphatic heterocycles. The lowest BCUT2D eigenvalue weighted by molar-refractivity contribution is 0.559. The second kappa shape index (κ2) is 18.1. The summed E-state index contributed by atoms with van der Waals surface area (Å²) in [6, 6.07) is 13.4. The summed E-state index contributed by atoms with van der Waals surface area (Å²) in [5.74, 6) is 2.59. The second-order valence-corrected chi connectivity index (χ2v) is 8.35. The van der Waals surface area contributed by atoms with E-state index in [2.05, 4.69) is 53.2 Å². The highest BCUT2D eigenvalue weighted by Gasteiger charge is 2.20. The minimum Gasteiger partial charge on any atom is -0.487 e. The molecule has 0 aliphatic rings. The molecule has 35 heavy (non-hydrogen) atoms. The predicted octanol–water partition coefficient (Wildman–Crippen LogP) is 3.34. The van der Waals surface area contributed by atoms with Gasteiger partial charge in [0, 0.05) is 16.1 Å². The van der Waals surface area contributed by atoms with Crippen LogP contribution in [0.25, 0.3) is 22.6 Å². The van der Waals surface area contributed by atoms with Gasteiger partial charge in [-0.05, 0) is 55.6 Å². The molecule has 0 unspecified atom stereocenters. The third kappa shape index (κ3) is 14.6. The highest BCUT2D eigenvalue weighted by Crippen LogP contribution is 2.34. The van der Waals surface area contributed by atoms with Crippen molar-refractivity contribution < 1.29 is 28.5 Å². The van der Waals surface area contributed by atoms with E-state index < -0.39 is 20.4 Å². The monoisotopic (exact) mass is 562 g/mol. The summed E-state index contributed by atoms with van der Waals surface area (Å²) in [4.78, 5) is 4.16. The van der Waals surface area contributed by atoms with Crippen LogP contribution in [0.4, 0.5) is 0 Å². The Morgan fingerprint density at radius 3 is 1.94 bits per heavy atom. The molecule has 10 nitrogen and oxygen atoms in total. The van der Waals surface area contributed by atoms with E-state index in [9.17, 15) is 8.42 Å². The van der Waals surface area contributed by atoms with Crippen molar-refractivity contribution in [3.8, 4) is 34.9 Å². The molecular weight excluding hydrogens is 536 g/mol. The van der Waals surface area contributed by atoms with Gasteiger partial charge in [0.25, 0.3) is 10.3 Å². The topological polar surface area (TPSA) is 210 Å². The maximum atomic E-state index is 11.7. The molecule has 0 spiro atoms. The van der Waals surface area contributed by atoms with Gasteiger partial charge in [-0.2, -0.15) is 0 Å². The Morgan fingerprint density at radius 1 is 1.09 bits per heavy atom. The largest absolute Gasteiger partial charge is 0.487 e. The molecule has 0 fully saturated rings. The first kappa shape index (κ1) is 36.3. The molecule has 0 aliphatic carbocycles. The number of thiocarbonyl (C=S) groups is 2. The predicted molar refractivity (Wildman–Crippen MR) is 147 cm³/mol. The fraction of sp³-hybridized carbons (Fsp3) is 0.0952. The van der Waals surface area contributed by atoms with Crippen LogP contribution in [0.1, 0.15) is 14.4 Å². The van der Waals surface area contributed by atoms with Crippen molar-refractivity contribution in [2.45, 2.75) is 19.2 Å². The average Bonchev–Trinajstić information content (AvgIpc) is 3.17. The quantitative estimate of drug-likeness (QED) is 0.232. The van der Waals surface area contributed by atoms with Gasteiger partial charge in [0.2, 0.25) is 10.0 Å². The van der Waals surface area contributed by atoms with Crippen molar-refractivity contribution in [3.05, 3.63) is 59.9 Å². The first-order valence-electron chi connectivity index (χ1n) is 8.50. The van der Waals surface area contributed by atoms with Crippen LogP contribution < -0.4 is 16.6 Å². The number of primary sulfonamides is 1. The van der Waals surface area contributed by atoms with E-state index in [-0.39, 0.29) is 17.8 Å². The number of aromatic nitrogens is 1. The number of terminal acetylenes is 1. The van der Waals surface area contributed by atoms with E-state index in [4.69, 9.17) is 31.4 Å². The molecule has 3 aromatic rings. The highest BCUT2D eigenvalue weighted by molar-refractivity contribution is 7.89. The van der Waals surface area contributed by atoms with Gasteiger partial charge >= 0.3 is 0 Å². The fourth-order valence-corrected chi connectivity index (χ4v) is 3.01. The molecule has 0 saturated heterocycles. The van der Waals surface area contributed by atoms with Crippen LogP contribution in [-0.2, 0) is 10.0 Å². The van der Waals surface area contributed by atoms with Crippen molar-refractivity contribution in [2.75, 3.05) is 0 Å². The number of nitrogens with two attached hydrogens (primary N) is 3. The number of rotatable bonds is 3. The van der Waals surface area contributed by atoms with Crippen molar-refractivity contribution in [2.24, 2.45) is 16.6 Å². The summed E-state index contributed by atoms with van der Waals surface area (Å²) in [5, 5.41) is 20.0. The molecule has 2 aromatic carbocycles. The van der Waals surface area contributed by atoms with Gasteiger partial charge in [-0.15, -0.1) is 12.3 Å². The lowest BCUT2D eigenvalue weighted by Crippen LogP contribution is -2.13.